The molecule has 2 atom stereocenters. The number of piperazine rings is 1. The summed E-state index contributed by atoms with van der Waals surface area (Å²) >= 11 is 0. The minimum atomic E-state index is -0.431. The molecule has 1 N–H and O–H groups in total. The third-order valence-electron chi connectivity index (χ3n) is 4.40. The summed E-state index contributed by atoms with van der Waals surface area (Å²) in [7, 11) is 0. The average Bonchev–Trinajstić information content (AvgIpc) is 2.89. The van der Waals surface area contributed by atoms with Crippen LogP contribution in [-0.2, 0) is 9.59 Å². The first-order valence-electron chi connectivity index (χ1n) is 7.64. The van der Waals surface area contributed by atoms with Crippen LogP contribution < -0.4 is 10.2 Å². The zero-order valence-corrected chi connectivity index (χ0v) is 13.8. The van der Waals surface area contributed by atoms with Crippen LogP contribution in [0.5, 0.6) is 0 Å². The Morgan fingerprint density at radius 1 is 1.35 bits per heavy atom. The monoisotopic (exact) mass is 341 g/mol. The predicted molar refractivity (Wildman–Crippen MR) is 88.2 cm³/mol. The van der Waals surface area contributed by atoms with E-state index in [4.69, 9.17) is 0 Å². The Bertz CT molecular complexity index is 598. The van der Waals surface area contributed by atoms with Gasteiger partial charge in [-0.3, -0.25) is 9.59 Å². The fourth-order valence-electron chi connectivity index (χ4n) is 3.18. The molecule has 0 spiro atoms. The minimum Gasteiger partial charge on any atom is -0.337 e. The minimum absolute atomic E-state index is 0. The summed E-state index contributed by atoms with van der Waals surface area (Å²) in [6.45, 7) is 4.45. The van der Waals surface area contributed by atoms with Crippen molar-refractivity contribution in [1.82, 2.24) is 10.2 Å². The van der Waals surface area contributed by atoms with Crippen LogP contribution in [-0.4, -0.2) is 48.9 Å². The maximum absolute atomic E-state index is 13.9. The molecule has 2 saturated heterocycles. The number of benzene rings is 1. The van der Waals surface area contributed by atoms with Crippen molar-refractivity contribution >= 4 is 29.9 Å². The summed E-state index contributed by atoms with van der Waals surface area (Å²) in [6, 6.07) is 6.31. The number of para-hydroxylation sites is 1. The van der Waals surface area contributed by atoms with Crippen LogP contribution in [0.2, 0.25) is 0 Å². The van der Waals surface area contributed by atoms with Crippen molar-refractivity contribution in [1.29, 1.82) is 0 Å². The Balaban J connectivity index is 0.00000192. The lowest BCUT2D eigenvalue weighted by Gasteiger charge is -2.35. The van der Waals surface area contributed by atoms with Crippen molar-refractivity contribution in [2.24, 2.45) is 5.92 Å². The smallest absolute Gasteiger partial charge is 0.228 e. The van der Waals surface area contributed by atoms with E-state index < -0.39 is 5.82 Å². The van der Waals surface area contributed by atoms with Gasteiger partial charge in [0.15, 0.2) is 0 Å². The maximum Gasteiger partial charge on any atom is 0.228 e. The van der Waals surface area contributed by atoms with Gasteiger partial charge in [0.05, 0.1) is 11.6 Å². The fraction of sp³-hybridized carbons (Fsp3) is 0.500. The van der Waals surface area contributed by atoms with Crippen molar-refractivity contribution in [2.75, 3.05) is 31.1 Å². The van der Waals surface area contributed by atoms with Gasteiger partial charge in [-0.25, -0.2) is 4.39 Å². The van der Waals surface area contributed by atoms with Gasteiger partial charge < -0.3 is 15.1 Å². The first kappa shape index (κ1) is 17.7. The second-order valence-electron chi connectivity index (χ2n) is 5.94. The number of nitrogens with one attached hydrogen (secondary N) is 1. The molecule has 3 rings (SSSR count). The first-order chi connectivity index (χ1) is 10.6. The molecule has 0 saturated carbocycles. The molecule has 0 radical (unpaired) electrons. The van der Waals surface area contributed by atoms with Crippen molar-refractivity contribution in [3.05, 3.63) is 30.1 Å². The number of carbonyl (C=O) groups excluding carboxylic acids is 2. The molecule has 0 aliphatic carbocycles. The Kier molecular flexibility index (Phi) is 5.59. The van der Waals surface area contributed by atoms with Crippen molar-refractivity contribution in [3.63, 3.8) is 0 Å². The highest BCUT2D eigenvalue weighted by Gasteiger charge is 2.39. The lowest BCUT2D eigenvalue weighted by Crippen LogP contribution is -2.54. The van der Waals surface area contributed by atoms with Crippen LogP contribution in [0.4, 0.5) is 10.1 Å². The largest absolute Gasteiger partial charge is 0.337 e. The van der Waals surface area contributed by atoms with Gasteiger partial charge in [-0.1, -0.05) is 12.1 Å². The highest BCUT2D eigenvalue weighted by atomic mass is 35.5. The molecule has 2 heterocycles. The highest BCUT2D eigenvalue weighted by molar-refractivity contribution is 6.00. The second-order valence-corrected chi connectivity index (χ2v) is 5.94. The molecule has 2 aliphatic heterocycles. The van der Waals surface area contributed by atoms with Gasteiger partial charge in [-0.2, -0.15) is 0 Å². The number of rotatable bonds is 2. The van der Waals surface area contributed by atoms with Crippen LogP contribution in [0, 0.1) is 11.7 Å². The number of carbonyl (C=O) groups is 2. The van der Waals surface area contributed by atoms with Gasteiger partial charge in [-0.15, -0.1) is 12.4 Å². The van der Waals surface area contributed by atoms with Crippen LogP contribution in [0.1, 0.15) is 13.3 Å². The first-order valence-corrected chi connectivity index (χ1v) is 7.64. The third kappa shape index (κ3) is 3.48. The standard InChI is InChI=1S/C16H20FN3O2.ClH/c1-11-9-18-6-7-19(11)16(22)12-8-15(21)20(10-12)14-5-3-2-4-13(14)17;/h2-5,11-12,18H,6-10H2,1H3;1H/t11-,12?;/m0./s1. The summed E-state index contributed by atoms with van der Waals surface area (Å²) < 4.78 is 13.9. The Hall–Kier alpha value is -1.66. The van der Waals surface area contributed by atoms with Gasteiger partial charge in [0, 0.05) is 38.6 Å². The van der Waals surface area contributed by atoms with Gasteiger partial charge >= 0.3 is 0 Å². The molecule has 2 aliphatic rings. The van der Waals surface area contributed by atoms with Gasteiger partial charge in [0.2, 0.25) is 11.8 Å². The molecule has 23 heavy (non-hydrogen) atoms. The van der Waals surface area contributed by atoms with E-state index in [2.05, 4.69) is 5.32 Å². The summed E-state index contributed by atoms with van der Waals surface area (Å²) in [5, 5.41) is 3.24. The lowest BCUT2D eigenvalue weighted by atomic mass is 10.1. The number of halogens is 2. The Morgan fingerprint density at radius 2 is 2.09 bits per heavy atom. The van der Waals surface area contributed by atoms with E-state index in [1.807, 2.05) is 11.8 Å². The number of anilines is 1. The van der Waals surface area contributed by atoms with E-state index in [1.165, 1.54) is 11.0 Å². The molecule has 1 aromatic rings. The Labute approximate surface area is 141 Å². The zero-order valence-electron chi connectivity index (χ0n) is 13.0. The summed E-state index contributed by atoms with van der Waals surface area (Å²) in [5.74, 6) is -1.00. The lowest BCUT2D eigenvalue weighted by molar-refractivity contribution is -0.138. The zero-order chi connectivity index (χ0) is 15.7. The SMILES string of the molecule is C[C@H]1CNCCN1C(=O)C1CC(=O)N(c2ccccc2F)C1.Cl. The molecule has 2 amide bonds. The van der Waals surface area contributed by atoms with Crippen LogP contribution in [0.15, 0.2) is 24.3 Å². The number of nitrogens with zero attached hydrogens (tertiary/aromatic N) is 2. The van der Waals surface area contributed by atoms with E-state index >= 15 is 0 Å². The molecule has 0 bridgehead atoms. The third-order valence-corrected chi connectivity index (χ3v) is 4.40. The molecular formula is C16H21ClFN3O2. The molecule has 0 aromatic heterocycles. The van der Waals surface area contributed by atoms with Gasteiger partial charge in [0.25, 0.3) is 0 Å². The second kappa shape index (κ2) is 7.27. The maximum atomic E-state index is 13.9. The van der Waals surface area contributed by atoms with E-state index in [1.54, 1.807) is 18.2 Å². The number of hydrogen-bond acceptors (Lipinski definition) is 3. The van der Waals surface area contributed by atoms with E-state index in [9.17, 15) is 14.0 Å². The molecule has 1 unspecified atom stereocenters. The van der Waals surface area contributed by atoms with E-state index in [-0.39, 0.29) is 54.8 Å². The number of amides is 2. The summed E-state index contributed by atoms with van der Waals surface area (Å²) in [6.07, 6.45) is 0.157. The predicted octanol–water partition coefficient (Wildman–Crippen LogP) is 1.42. The van der Waals surface area contributed by atoms with E-state index in [0.29, 0.717) is 6.54 Å². The Morgan fingerprint density at radius 3 is 2.78 bits per heavy atom. The number of hydrogen-bond donors (Lipinski definition) is 1. The van der Waals surface area contributed by atoms with Gasteiger partial charge in [0.1, 0.15) is 5.82 Å². The summed E-state index contributed by atoms with van der Waals surface area (Å²) in [5.41, 5.74) is 0.260. The quantitative estimate of drug-likeness (QED) is 0.885. The highest BCUT2D eigenvalue weighted by Crippen LogP contribution is 2.28. The average molecular weight is 342 g/mol. The normalized spacial score (nSPS) is 24.5. The topological polar surface area (TPSA) is 52.7 Å². The summed E-state index contributed by atoms with van der Waals surface area (Å²) in [4.78, 5) is 28.1. The van der Waals surface area contributed by atoms with Crippen molar-refractivity contribution < 1.29 is 14.0 Å². The van der Waals surface area contributed by atoms with Crippen LogP contribution in [0.3, 0.4) is 0 Å². The molecule has 1 aromatic carbocycles. The van der Waals surface area contributed by atoms with Crippen molar-refractivity contribution in [2.45, 2.75) is 19.4 Å². The molecule has 2 fully saturated rings. The van der Waals surface area contributed by atoms with Crippen molar-refractivity contribution in [3.8, 4) is 0 Å². The van der Waals surface area contributed by atoms with Crippen LogP contribution >= 0.6 is 12.4 Å². The van der Waals surface area contributed by atoms with E-state index in [0.717, 1.165) is 13.1 Å². The molecule has 5 nitrogen and oxygen atoms in total. The molecular weight excluding hydrogens is 321 g/mol. The van der Waals surface area contributed by atoms with Crippen LogP contribution in [0.25, 0.3) is 0 Å². The molecule has 7 heteroatoms. The van der Waals surface area contributed by atoms with Gasteiger partial charge in [-0.05, 0) is 19.1 Å². The molecule has 126 valence electrons. The fourth-order valence-corrected chi connectivity index (χ4v) is 3.18.